The van der Waals surface area contributed by atoms with Gasteiger partial charge in [0.1, 0.15) is 0 Å². The van der Waals surface area contributed by atoms with Crippen LogP contribution in [0.2, 0.25) is 0 Å². The molecule has 4 heteroatoms. The minimum absolute atomic E-state index is 0.426. The van der Waals surface area contributed by atoms with Crippen LogP contribution in [-0.4, -0.2) is 16.0 Å². The first-order valence-electron chi connectivity index (χ1n) is 6.41. The molecular weight excluding hydrogens is 252 g/mol. The van der Waals surface area contributed by atoms with Crippen LogP contribution in [0.1, 0.15) is 11.3 Å². The smallest absolute Gasteiger partial charge is 0.267 e. The van der Waals surface area contributed by atoms with E-state index in [0.717, 1.165) is 10.9 Å². The Hall–Kier alpha value is -2.59. The molecule has 20 heavy (non-hydrogen) atoms. The van der Waals surface area contributed by atoms with E-state index in [0.29, 0.717) is 16.9 Å². The summed E-state index contributed by atoms with van der Waals surface area (Å²) in [4.78, 5) is 15.4. The van der Waals surface area contributed by atoms with E-state index in [1.807, 2.05) is 42.5 Å². The van der Waals surface area contributed by atoms with Crippen molar-refractivity contribution in [3.8, 4) is 0 Å². The largest absolute Gasteiger partial charge is 0.371 e. The number of hydrogen-bond acceptors (Lipinski definition) is 2. The second kappa shape index (κ2) is 3.71. The molecule has 1 aliphatic heterocycles. The van der Waals surface area contributed by atoms with E-state index < -0.39 is 11.5 Å². The van der Waals surface area contributed by atoms with Gasteiger partial charge in [-0.3, -0.25) is 4.79 Å². The zero-order valence-electron chi connectivity index (χ0n) is 10.6. The molecular formula is C16H12N2O2. The van der Waals surface area contributed by atoms with Gasteiger partial charge in [-0.05, 0) is 23.6 Å². The standard InChI is InChI=1S/C16H12N2O2/c19-15-16(20,11-6-2-4-8-13(11)18-15)14-9-10-5-1-3-7-12(10)17-14/h1-9,17,20H,(H,18,19)/t16-/m1/s1. The topological polar surface area (TPSA) is 65.1 Å². The molecule has 0 fully saturated rings. The van der Waals surface area contributed by atoms with Gasteiger partial charge in [-0.1, -0.05) is 36.4 Å². The number of aliphatic hydroxyl groups is 1. The summed E-state index contributed by atoms with van der Waals surface area (Å²) < 4.78 is 0. The summed E-state index contributed by atoms with van der Waals surface area (Å²) in [6, 6.07) is 16.7. The molecule has 0 bridgehead atoms. The number of amides is 1. The Morgan fingerprint density at radius 1 is 1.00 bits per heavy atom. The Bertz CT molecular complexity index is 804. The number of carbonyl (C=O) groups excluding carboxylic acids is 1. The maximum Gasteiger partial charge on any atom is 0.267 e. The van der Waals surface area contributed by atoms with Crippen LogP contribution in [0.25, 0.3) is 10.9 Å². The second-order valence-electron chi connectivity index (χ2n) is 4.98. The average Bonchev–Trinajstić information content (AvgIpc) is 3.00. The van der Waals surface area contributed by atoms with Gasteiger partial charge in [-0.15, -0.1) is 0 Å². The first kappa shape index (κ1) is 11.3. The van der Waals surface area contributed by atoms with Crippen LogP contribution >= 0.6 is 0 Å². The summed E-state index contributed by atoms with van der Waals surface area (Å²) in [6.07, 6.45) is 0. The molecule has 0 saturated carbocycles. The fourth-order valence-corrected chi connectivity index (χ4v) is 2.78. The van der Waals surface area contributed by atoms with Gasteiger partial charge in [-0.2, -0.15) is 0 Å². The second-order valence-corrected chi connectivity index (χ2v) is 4.98. The highest BCUT2D eigenvalue weighted by molar-refractivity contribution is 6.07. The van der Waals surface area contributed by atoms with Gasteiger partial charge in [0, 0.05) is 16.8 Å². The number of H-pyrrole nitrogens is 1. The summed E-state index contributed by atoms with van der Waals surface area (Å²) in [5, 5.41) is 14.6. The zero-order valence-corrected chi connectivity index (χ0v) is 10.6. The van der Waals surface area contributed by atoms with Crippen LogP contribution < -0.4 is 5.32 Å². The number of benzene rings is 2. The minimum atomic E-state index is -1.66. The Kier molecular flexibility index (Phi) is 2.09. The maximum absolute atomic E-state index is 12.2. The van der Waals surface area contributed by atoms with Gasteiger partial charge in [0.15, 0.2) is 0 Å². The van der Waals surface area contributed by atoms with Crippen molar-refractivity contribution in [3.63, 3.8) is 0 Å². The lowest BCUT2D eigenvalue weighted by molar-refractivity contribution is -0.129. The fraction of sp³-hybridized carbons (Fsp3) is 0.0625. The molecule has 1 amide bonds. The van der Waals surface area contributed by atoms with Crippen molar-refractivity contribution in [3.05, 3.63) is 65.9 Å². The number of fused-ring (bicyclic) bond motifs is 2. The van der Waals surface area contributed by atoms with E-state index in [9.17, 15) is 9.90 Å². The molecule has 3 N–H and O–H groups in total. The highest BCUT2D eigenvalue weighted by Crippen LogP contribution is 2.40. The summed E-state index contributed by atoms with van der Waals surface area (Å²) in [5.74, 6) is -0.426. The van der Waals surface area contributed by atoms with Gasteiger partial charge in [0.25, 0.3) is 5.91 Å². The Morgan fingerprint density at radius 3 is 2.60 bits per heavy atom. The number of rotatable bonds is 1. The maximum atomic E-state index is 12.2. The van der Waals surface area contributed by atoms with Crippen molar-refractivity contribution in [2.45, 2.75) is 5.60 Å². The summed E-state index contributed by atoms with van der Waals surface area (Å²) >= 11 is 0. The van der Waals surface area contributed by atoms with Crippen molar-refractivity contribution < 1.29 is 9.90 Å². The van der Waals surface area contributed by atoms with E-state index in [-0.39, 0.29) is 0 Å². The molecule has 1 aliphatic rings. The third-order valence-corrected chi connectivity index (χ3v) is 3.81. The summed E-state index contributed by atoms with van der Waals surface area (Å²) in [7, 11) is 0. The number of carbonyl (C=O) groups is 1. The predicted octanol–water partition coefficient (Wildman–Crippen LogP) is 2.36. The molecule has 4 nitrogen and oxygen atoms in total. The molecule has 2 aromatic carbocycles. The van der Waals surface area contributed by atoms with E-state index in [4.69, 9.17) is 0 Å². The quantitative estimate of drug-likeness (QED) is 0.631. The SMILES string of the molecule is O=C1Nc2ccccc2[C@@]1(O)c1cc2ccccc2[nH]1. The Balaban J connectivity index is 1.98. The van der Waals surface area contributed by atoms with Gasteiger partial charge >= 0.3 is 0 Å². The van der Waals surface area contributed by atoms with Gasteiger partial charge in [-0.25, -0.2) is 0 Å². The zero-order chi connectivity index (χ0) is 13.7. The van der Waals surface area contributed by atoms with E-state index in [1.165, 1.54) is 0 Å². The monoisotopic (exact) mass is 264 g/mol. The number of nitrogens with one attached hydrogen (secondary N) is 2. The molecule has 3 aromatic rings. The number of aromatic nitrogens is 1. The predicted molar refractivity (Wildman–Crippen MR) is 76.4 cm³/mol. The van der Waals surface area contributed by atoms with Gasteiger partial charge in [0.2, 0.25) is 5.60 Å². The average molecular weight is 264 g/mol. The lowest BCUT2D eigenvalue weighted by Gasteiger charge is -2.19. The number of aromatic amines is 1. The normalized spacial score (nSPS) is 20.9. The minimum Gasteiger partial charge on any atom is -0.371 e. The fourth-order valence-electron chi connectivity index (χ4n) is 2.78. The van der Waals surface area contributed by atoms with Crippen LogP contribution in [0.5, 0.6) is 0 Å². The first-order valence-corrected chi connectivity index (χ1v) is 6.41. The lowest BCUT2D eigenvalue weighted by atomic mass is 9.92. The van der Waals surface area contributed by atoms with Crippen LogP contribution in [0.4, 0.5) is 5.69 Å². The summed E-state index contributed by atoms with van der Waals surface area (Å²) in [5.41, 5.74) is 0.958. The first-order chi connectivity index (χ1) is 9.69. The lowest BCUT2D eigenvalue weighted by Crippen LogP contribution is -2.35. The molecule has 0 saturated heterocycles. The summed E-state index contributed by atoms with van der Waals surface area (Å²) in [6.45, 7) is 0. The molecule has 0 radical (unpaired) electrons. The van der Waals surface area contributed by atoms with Crippen molar-refractivity contribution >= 4 is 22.5 Å². The van der Waals surface area contributed by atoms with Gasteiger partial charge < -0.3 is 15.4 Å². The molecule has 1 atom stereocenters. The molecule has 0 unspecified atom stereocenters. The van der Waals surface area contributed by atoms with E-state index in [2.05, 4.69) is 10.3 Å². The van der Waals surface area contributed by atoms with Crippen molar-refractivity contribution in [1.82, 2.24) is 4.98 Å². The molecule has 2 heterocycles. The molecule has 0 aliphatic carbocycles. The number of para-hydroxylation sites is 2. The third-order valence-electron chi connectivity index (χ3n) is 3.81. The highest BCUT2D eigenvalue weighted by atomic mass is 16.3. The van der Waals surface area contributed by atoms with E-state index in [1.54, 1.807) is 12.1 Å². The third kappa shape index (κ3) is 1.31. The van der Waals surface area contributed by atoms with Crippen molar-refractivity contribution in [1.29, 1.82) is 0 Å². The van der Waals surface area contributed by atoms with Crippen LogP contribution in [0.3, 0.4) is 0 Å². The van der Waals surface area contributed by atoms with Crippen LogP contribution in [0.15, 0.2) is 54.6 Å². The van der Waals surface area contributed by atoms with E-state index >= 15 is 0 Å². The molecule has 4 rings (SSSR count). The van der Waals surface area contributed by atoms with Crippen LogP contribution in [-0.2, 0) is 10.4 Å². The van der Waals surface area contributed by atoms with Crippen LogP contribution in [0, 0.1) is 0 Å². The Labute approximate surface area is 115 Å². The molecule has 1 aromatic heterocycles. The van der Waals surface area contributed by atoms with Crippen molar-refractivity contribution in [2.24, 2.45) is 0 Å². The molecule has 98 valence electrons. The van der Waals surface area contributed by atoms with Crippen molar-refractivity contribution in [2.75, 3.05) is 5.32 Å². The Morgan fingerprint density at radius 2 is 1.75 bits per heavy atom. The molecule has 0 spiro atoms. The number of anilines is 1. The van der Waals surface area contributed by atoms with Gasteiger partial charge in [0.05, 0.1) is 5.69 Å². The number of hydrogen-bond donors (Lipinski definition) is 3. The highest BCUT2D eigenvalue weighted by Gasteiger charge is 2.47.